The molecule has 6 nitrogen and oxygen atoms in total. The van der Waals surface area contributed by atoms with E-state index in [-0.39, 0.29) is 12.2 Å². The lowest BCUT2D eigenvalue weighted by molar-refractivity contribution is -0.153. The van der Waals surface area contributed by atoms with Crippen LogP contribution in [-0.4, -0.2) is 28.3 Å². The molecule has 180 valence electrons. The molecule has 0 bridgehead atoms. The van der Waals surface area contributed by atoms with E-state index in [1.807, 2.05) is 37.3 Å². The summed E-state index contributed by atoms with van der Waals surface area (Å²) in [6, 6.07) is 22.2. The highest BCUT2D eigenvalue weighted by molar-refractivity contribution is 5.78. The van der Waals surface area contributed by atoms with Gasteiger partial charge in [0.15, 0.2) is 0 Å². The Hall–Kier alpha value is -4.13. The Bertz CT molecular complexity index is 1270. The molecular formula is C28H26FNO5. The first kappa shape index (κ1) is 24.0. The lowest BCUT2D eigenvalue weighted by atomic mass is 9.96. The van der Waals surface area contributed by atoms with E-state index in [1.54, 1.807) is 24.3 Å². The Balaban J connectivity index is 1.34. The van der Waals surface area contributed by atoms with E-state index < -0.39 is 17.4 Å². The maximum Gasteiger partial charge on any atom is 0.348 e. The molecule has 1 aromatic heterocycles. The van der Waals surface area contributed by atoms with Gasteiger partial charge >= 0.3 is 5.97 Å². The second kappa shape index (κ2) is 10.4. The van der Waals surface area contributed by atoms with Crippen molar-refractivity contribution in [2.45, 2.75) is 32.3 Å². The molecule has 1 atom stereocenters. The number of hydrogen-bond donors (Lipinski definition) is 1. The van der Waals surface area contributed by atoms with Crippen LogP contribution in [0.4, 0.5) is 4.39 Å². The van der Waals surface area contributed by atoms with Crippen LogP contribution in [0.5, 0.6) is 11.5 Å². The molecule has 0 aliphatic heterocycles. The van der Waals surface area contributed by atoms with E-state index in [1.165, 1.54) is 31.2 Å². The van der Waals surface area contributed by atoms with Gasteiger partial charge < -0.3 is 19.0 Å². The Morgan fingerprint density at radius 1 is 1.00 bits per heavy atom. The van der Waals surface area contributed by atoms with E-state index >= 15 is 0 Å². The minimum Gasteiger partial charge on any atom is -0.493 e. The smallest absolute Gasteiger partial charge is 0.348 e. The number of carboxylic acids is 1. The number of nitrogens with zero attached hydrogens (tertiary/aromatic N) is 1. The van der Waals surface area contributed by atoms with Crippen molar-refractivity contribution >= 4 is 5.97 Å². The molecule has 0 aliphatic rings. The van der Waals surface area contributed by atoms with E-state index in [0.29, 0.717) is 24.7 Å². The van der Waals surface area contributed by atoms with Gasteiger partial charge in [0.2, 0.25) is 11.5 Å². The number of oxazole rings is 1. The zero-order chi connectivity index (χ0) is 24.8. The predicted molar refractivity (Wildman–Crippen MR) is 129 cm³/mol. The van der Waals surface area contributed by atoms with Crippen LogP contribution in [-0.2, 0) is 17.6 Å². The van der Waals surface area contributed by atoms with Crippen molar-refractivity contribution in [3.63, 3.8) is 0 Å². The monoisotopic (exact) mass is 475 g/mol. The number of hydrogen-bond acceptors (Lipinski definition) is 5. The van der Waals surface area contributed by atoms with Crippen molar-refractivity contribution in [3.8, 4) is 23.0 Å². The SMILES string of the molecule is Cc1oc(-c2ccccc2)nc1CCOc1ccc(CC(C)(Oc2ccc(F)cc2)C(=O)O)cc1. The Labute approximate surface area is 203 Å². The first-order valence-corrected chi connectivity index (χ1v) is 11.2. The molecule has 0 saturated heterocycles. The topological polar surface area (TPSA) is 81.8 Å². The standard InChI is InChI=1S/C28H26FNO5/c1-19-25(30-26(34-19)21-6-4-3-5-7-21)16-17-33-23-12-8-20(9-13-23)18-28(2,27(31)32)35-24-14-10-22(29)11-15-24/h3-15H,16-18H2,1-2H3,(H,31,32). The summed E-state index contributed by atoms with van der Waals surface area (Å²) in [7, 11) is 0. The minimum atomic E-state index is -1.51. The van der Waals surface area contributed by atoms with Gasteiger partial charge in [-0.2, -0.15) is 0 Å². The van der Waals surface area contributed by atoms with Gasteiger partial charge in [0.1, 0.15) is 23.1 Å². The lowest BCUT2D eigenvalue weighted by Crippen LogP contribution is -2.43. The molecule has 4 rings (SSSR count). The number of aliphatic carboxylic acids is 1. The summed E-state index contributed by atoms with van der Waals surface area (Å²) in [5.74, 6) is 0.772. The van der Waals surface area contributed by atoms with Crippen LogP contribution in [0, 0.1) is 12.7 Å². The molecule has 1 N–H and O–H groups in total. The molecule has 0 amide bonds. The second-order valence-electron chi connectivity index (χ2n) is 8.40. The summed E-state index contributed by atoms with van der Waals surface area (Å²) in [4.78, 5) is 16.5. The van der Waals surface area contributed by atoms with Gasteiger partial charge in [0.05, 0.1) is 12.3 Å². The molecular weight excluding hydrogens is 449 g/mol. The number of carbonyl (C=O) groups is 1. The van der Waals surface area contributed by atoms with Crippen LogP contribution in [0.1, 0.15) is 23.9 Å². The van der Waals surface area contributed by atoms with Gasteiger partial charge in [0.25, 0.3) is 0 Å². The van der Waals surface area contributed by atoms with Crippen molar-refractivity contribution in [2.24, 2.45) is 0 Å². The van der Waals surface area contributed by atoms with Gasteiger partial charge in [-0.1, -0.05) is 30.3 Å². The van der Waals surface area contributed by atoms with Crippen LogP contribution < -0.4 is 9.47 Å². The maximum atomic E-state index is 13.1. The average molecular weight is 476 g/mol. The van der Waals surface area contributed by atoms with Crippen LogP contribution >= 0.6 is 0 Å². The van der Waals surface area contributed by atoms with Gasteiger partial charge in [-0.15, -0.1) is 0 Å². The number of halogens is 1. The maximum absolute atomic E-state index is 13.1. The molecule has 0 saturated carbocycles. The number of ether oxygens (including phenoxy) is 2. The zero-order valence-electron chi connectivity index (χ0n) is 19.5. The normalized spacial score (nSPS) is 12.7. The lowest BCUT2D eigenvalue weighted by Gasteiger charge is -2.26. The first-order chi connectivity index (χ1) is 16.8. The van der Waals surface area contributed by atoms with Crippen LogP contribution in [0.25, 0.3) is 11.5 Å². The first-order valence-electron chi connectivity index (χ1n) is 11.2. The number of aromatic nitrogens is 1. The molecule has 0 spiro atoms. The molecule has 1 heterocycles. The minimum absolute atomic E-state index is 0.125. The third kappa shape index (κ3) is 6.06. The predicted octanol–water partition coefficient (Wildman–Crippen LogP) is 5.88. The van der Waals surface area contributed by atoms with Gasteiger partial charge in [0, 0.05) is 18.4 Å². The molecule has 0 fully saturated rings. The fourth-order valence-corrected chi connectivity index (χ4v) is 3.64. The van der Waals surface area contributed by atoms with Crippen molar-refractivity contribution in [3.05, 3.63) is 102 Å². The average Bonchev–Trinajstić information content (AvgIpc) is 3.22. The molecule has 1 unspecified atom stereocenters. The fraction of sp³-hybridized carbons (Fsp3) is 0.214. The molecule has 0 radical (unpaired) electrons. The number of benzene rings is 3. The molecule has 0 aliphatic carbocycles. The third-order valence-corrected chi connectivity index (χ3v) is 5.59. The highest BCUT2D eigenvalue weighted by atomic mass is 19.1. The molecule has 4 aromatic rings. The summed E-state index contributed by atoms with van der Waals surface area (Å²) in [6.07, 6.45) is 0.715. The summed E-state index contributed by atoms with van der Waals surface area (Å²) < 4.78 is 30.5. The van der Waals surface area contributed by atoms with Crippen molar-refractivity contribution in [2.75, 3.05) is 6.61 Å². The van der Waals surface area contributed by atoms with Gasteiger partial charge in [-0.25, -0.2) is 14.2 Å². The highest BCUT2D eigenvalue weighted by Crippen LogP contribution is 2.25. The summed E-state index contributed by atoms with van der Waals surface area (Å²) in [5.41, 5.74) is 1.02. The summed E-state index contributed by atoms with van der Waals surface area (Å²) in [6.45, 7) is 3.80. The Kier molecular flexibility index (Phi) is 7.15. The largest absolute Gasteiger partial charge is 0.493 e. The Morgan fingerprint density at radius 3 is 2.31 bits per heavy atom. The van der Waals surface area contributed by atoms with Gasteiger partial charge in [-0.3, -0.25) is 0 Å². The molecule has 35 heavy (non-hydrogen) atoms. The Morgan fingerprint density at radius 2 is 1.66 bits per heavy atom. The van der Waals surface area contributed by atoms with E-state index in [0.717, 1.165) is 22.6 Å². The van der Waals surface area contributed by atoms with E-state index in [4.69, 9.17) is 13.9 Å². The van der Waals surface area contributed by atoms with Gasteiger partial charge in [-0.05, 0) is 67.9 Å². The third-order valence-electron chi connectivity index (χ3n) is 5.59. The second-order valence-corrected chi connectivity index (χ2v) is 8.40. The van der Waals surface area contributed by atoms with E-state index in [9.17, 15) is 14.3 Å². The number of carboxylic acid groups (broad SMARTS) is 1. The number of rotatable bonds is 10. The highest BCUT2D eigenvalue weighted by Gasteiger charge is 2.36. The summed E-state index contributed by atoms with van der Waals surface area (Å²) in [5, 5.41) is 9.75. The zero-order valence-corrected chi connectivity index (χ0v) is 19.5. The number of aryl methyl sites for hydroxylation is 1. The van der Waals surface area contributed by atoms with Crippen LogP contribution in [0.3, 0.4) is 0 Å². The van der Waals surface area contributed by atoms with Crippen molar-refractivity contribution < 1.29 is 28.2 Å². The van der Waals surface area contributed by atoms with Crippen LogP contribution in [0.2, 0.25) is 0 Å². The quantitative estimate of drug-likeness (QED) is 0.309. The molecule has 7 heteroatoms. The van der Waals surface area contributed by atoms with E-state index in [2.05, 4.69) is 4.98 Å². The van der Waals surface area contributed by atoms with Crippen molar-refractivity contribution in [1.29, 1.82) is 0 Å². The molecule has 3 aromatic carbocycles. The fourth-order valence-electron chi connectivity index (χ4n) is 3.64. The summed E-state index contributed by atoms with van der Waals surface area (Å²) >= 11 is 0. The van der Waals surface area contributed by atoms with Crippen LogP contribution in [0.15, 0.2) is 83.3 Å². The van der Waals surface area contributed by atoms with Crippen molar-refractivity contribution in [1.82, 2.24) is 4.98 Å².